The van der Waals surface area contributed by atoms with E-state index in [1.54, 1.807) is 38.4 Å². The summed E-state index contributed by atoms with van der Waals surface area (Å²) in [5, 5.41) is 0. The number of carbonyl (C=O) groups excluding carboxylic acids is 1. The van der Waals surface area contributed by atoms with Crippen LogP contribution in [0.15, 0.2) is 24.3 Å². The molecule has 1 amide bonds. The Morgan fingerprint density at radius 1 is 1.33 bits per heavy atom. The monoisotopic (exact) mass is 256 g/mol. The maximum absolute atomic E-state index is 12.6. The number of nitrogens with zero attached hydrogens (tertiary/aromatic N) is 1. The van der Waals surface area contributed by atoms with Gasteiger partial charge in [-0.3, -0.25) is 4.79 Å². The molecule has 0 saturated carbocycles. The van der Waals surface area contributed by atoms with Gasteiger partial charge in [-0.05, 0) is 31.0 Å². The van der Waals surface area contributed by atoms with Gasteiger partial charge in [0.05, 0.1) is 5.54 Å². The van der Waals surface area contributed by atoms with Gasteiger partial charge in [0, 0.05) is 19.7 Å². The van der Waals surface area contributed by atoms with Crippen molar-refractivity contribution in [3.05, 3.63) is 35.4 Å². The molecule has 1 aromatic carbocycles. The maximum atomic E-state index is 12.6. The minimum Gasteiger partial charge on any atom is -0.345 e. The lowest BCUT2D eigenvalue weighted by molar-refractivity contribution is 0.0639. The standard InChI is InChI=1S/C13H18F2N2O/c1-13(16,12(14)15)8-9-4-6-10(7-5-9)11(18)17(2)3/h4-7,12H,8,16H2,1-3H3. The van der Waals surface area contributed by atoms with E-state index in [1.807, 2.05) is 0 Å². The predicted molar refractivity (Wildman–Crippen MR) is 66.8 cm³/mol. The largest absolute Gasteiger partial charge is 0.345 e. The third-order valence-corrected chi connectivity index (χ3v) is 2.69. The van der Waals surface area contributed by atoms with E-state index < -0.39 is 12.0 Å². The number of benzene rings is 1. The lowest BCUT2D eigenvalue weighted by Gasteiger charge is -2.23. The first-order chi connectivity index (χ1) is 8.24. The molecule has 1 rings (SSSR count). The molecule has 0 radical (unpaired) electrons. The fourth-order valence-electron chi connectivity index (χ4n) is 1.54. The van der Waals surface area contributed by atoms with Gasteiger partial charge in [-0.15, -0.1) is 0 Å². The van der Waals surface area contributed by atoms with Gasteiger partial charge >= 0.3 is 0 Å². The van der Waals surface area contributed by atoms with Crippen LogP contribution in [0.5, 0.6) is 0 Å². The summed E-state index contributed by atoms with van der Waals surface area (Å²) in [4.78, 5) is 13.1. The highest BCUT2D eigenvalue weighted by atomic mass is 19.3. The molecule has 1 atom stereocenters. The molecule has 1 aromatic rings. The van der Waals surface area contributed by atoms with Crippen molar-refractivity contribution in [1.82, 2.24) is 4.90 Å². The fourth-order valence-corrected chi connectivity index (χ4v) is 1.54. The van der Waals surface area contributed by atoms with Gasteiger partial charge in [-0.2, -0.15) is 0 Å². The fraction of sp³-hybridized carbons (Fsp3) is 0.462. The summed E-state index contributed by atoms with van der Waals surface area (Å²) in [5.41, 5.74) is 5.18. The Hall–Kier alpha value is -1.49. The van der Waals surface area contributed by atoms with Crippen LogP contribution < -0.4 is 5.73 Å². The Morgan fingerprint density at radius 3 is 2.22 bits per heavy atom. The van der Waals surface area contributed by atoms with E-state index in [1.165, 1.54) is 11.8 Å². The van der Waals surface area contributed by atoms with Crippen LogP contribution in [0.4, 0.5) is 8.78 Å². The zero-order valence-electron chi connectivity index (χ0n) is 10.8. The smallest absolute Gasteiger partial charge is 0.256 e. The molecule has 0 saturated heterocycles. The van der Waals surface area contributed by atoms with Crippen molar-refractivity contribution in [2.75, 3.05) is 14.1 Å². The Kier molecular flexibility index (Phi) is 4.40. The van der Waals surface area contributed by atoms with E-state index in [0.717, 1.165) is 0 Å². The Bertz CT molecular complexity index is 414. The Labute approximate surface area is 106 Å². The molecule has 0 bridgehead atoms. The highest BCUT2D eigenvalue weighted by molar-refractivity contribution is 5.93. The summed E-state index contributed by atoms with van der Waals surface area (Å²) in [5.74, 6) is -0.120. The molecule has 2 N–H and O–H groups in total. The van der Waals surface area contributed by atoms with Crippen molar-refractivity contribution in [1.29, 1.82) is 0 Å². The first kappa shape index (κ1) is 14.6. The third kappa shape index (κ3) is 3.50. The van der Waals surface area contributed by atoms with Crippen LogP contribution in [0.1, 0.15) is 22.8 Å². The topological polar surface area (TPSA) is 46.3 Å². The first-order valence-corrected chi connectivity index (χ1v) is 5.61. The number of alkyl halides is 2. The molecule has 0 fully saturated rings. The van der Waals surface area contributed by atoms with E-state index in [0.29, 0.717) is 11.1 Å². The van der Waals surface area contributed by atoms with Gasteiger partial charge in [-0.1, -0.05) is 12.1 Å². The van der Waals surface area contributed by atoms with Gasteiger partial charge < -0.3 is 10.6 Å². The zero-order chi connectivity index (χ0) is 13.9. The lowest BCUT2D eigenvalue weighted by Crippen LogP contribution is -2.45. The summed E-state index contributed by atoms with van der Waals surface area (Å²) in [6, 6.07) is 6.56. The van der Waals surface area contributed by atoms with Crippen LogP contribution in [0.25, 0.3) is 0 Å². The molecule has 0 aliphatic rings. The second-order valence-corrected chi connectivity index (χ2v) is 4.88. The Balaban J connectivity index is 2.81. The lowest BCUT2D eigenvalue weighted by atomic mass is 9.94. The van der Waals surface area contributed by atoms with E-state index in [4.69, 9.17) is 5.73 Å². The second kappa shape index (κ2) is 5.44. The van der Waals surface area contributed by atoms with Crippen molar-refractivity contribution in [3.8, 4) is 0 Å². The molecule has 18 heavy (non-hydrogen) atoms. The molecule has 0 aliphatic carbocycles. The molecule has 5 heteroatoms. The van der Waals surface area contributed by atoms with E-state index in [-0.39, 0.29) is 12.3 Å². The SMILES string of the molecule is CN(C)C(=O)c1ccc(CC(C)(N)C(F)F)cc1. The molecule has 0 heterocycles. The molecule has 0 aromatic heterocycles. The minimum atomic E-state index is -2.58. The number of carbonyl (C=O) groups is 1. The summed E-state index contributed by atoms with van der Waals surface area (Å²) >= 11 is 0. The number of amides is 1. The third-order valence-electron chi connectivity index (χ3n) is 2.69. The average Bonchev–Trinajstić information content (AvgIpc) is 2.28. The van der Waals surface area contributed by atoms with Crippen LogP contribution in [0, 0.1) is 0 Å². The van der Waals surface area contributed by atoms with Crippen molar-refractivity contribution in [3.63, 3.8) is 0 Å². The number of halogens is 2. The molecule has 3 nitrogen and oxygen atoms in total. The van der Waals surface area contributed by atoms with Crippen LogP contribution in [0.2, 0.25) is 0 Å². The molecular weight excluding hydrogens is 238 g/mol. The Morgan fingerprint density at radius 2 is 1.83 bits per heavy atom. The second-order valence-electron chi connectivity index (χ2n) is 4.88. The normalized spacial score (nSPS) is 14.4. The quantitative estimate of drug-likeness (QED) is 0.894. The van der Waals surface area contributed by atoms with E-state index in [2.05, 4.69) is 0 Å². The summed E-state index contributed by atoms with van der Waals surface area (Å²) in [6.07, 6.45) is -2.51. The van der Waals surface area contributed by atoms with Crippen LogP contribution >= 0.6 is 0 Å². The number of hydrogen-bond acceptors (Lipinski definition) is 2. The van der Waals surface area contributed by atoms with Crippen molar-refractivity contribution < 1.29 is 13.6 Å². The first-order valence-electron chi connectivity index (χ1n) is 5.61. The van der Waals surface area contributed by atoms with Crippen molar-refractivity contribution in [2.24, 2.45) is 5.73 Å². The molecule has 0 aliphatic heterocycles. The van der Waals surface area contributed by atoms with Gasteiger partial charge in [0.2, 0.25) is 0 Å². The minimum absolute atomic E-state index is 0.0705. The van der Waals surface area contributed by atoms with Gasteiger partial charge in [0.1, 0.15) is 0 Å². The van der Waals surface area contributed by atoms with Crippen LogP contribution in [-0.2, 0) is 6.42 Å². The van der Waals surface area contributed by atoms with Crippen molar-refractivity contribution in [2.45, 2.75) is 25.3 Å². The number of nitrogens with two attached hydrogens (primary N) is 1. The highest BCUT2D eigenvalue weighted by Crippen LogP contribution is 2.18. The molecular formula is C13H18F2N2O. The van der Waals surface area contributed by atoms with Gasteiger partial charge in [-0.25, -0.2) is 8.78 Å². The number of rotatable bonds is 4. The molecule has 100 valence electrons. The maximum Gasteiger partial charge on any atom is 0.256 e. The van der Waals surface area contributed by atoms with Crippen LogP contribution in [-0.4, -0.2) is 36.9 Å². The van der Waals surface area contributed by atoms with Crippen LogP contribution in [0.3, 0.4) is 0 Å². The predicted octanol–water partition coefficient (Wildman–Crippen LogP) is 1.91. The number of hydrogen-bond donors (Lipinski definition) is 1. The molecule has 1 unspecified atom stereocenters. The molecule has 0 spiro atoms. The highest BCUT2D eigenvalue weighted by Gasteiger charge is 2.30. The van der Waals surface area contributed by atoms with Gasteiger partial charge in [0.25, 0.3) is 12.3 Å². The van der Waals surface area contributed by atoms with E-state index in [9.17, 15) is 13.6 Å². The zero-order valence-corrected chi connectivity index (χ0v) is 10.8. The van der Waals surface area contributed by atoms with Gasteiger partial charge in [0.15, 0.2) is 0 Å². The summed E-state index contributed by atoms with van der Waals surface area (Å²) < 4.78 is 25.3. The summed E-state index contributed by atoms with van der Waals surface area (Å²) in [6.45, 7) is 1.32. The van der Waals surface area contributed by atoms with E-state index >= 15 is 0 Å². The summed E-state index contributed by atoms with van der Waals surface area (Å²) in [7, 11) is 3.31. The average molecular weight is 256 g/mol. The van der Waals surface area contributed by atoms with Crippen molar-refractivity contribution >= 4 is 5.91 Å².